The van der Waals surface area contributed by atoms with Crippen LogP contribution in [0, 0.1) is 13.8 Å². The van der Waals surface area contributed by atoms with Crippen LogP contribution >= 0.6 is 35.3 Å². The van der Waals surface area contributed by atoms with Crippen LogP contribution in [-0.2, 0) is 26.6 Å². The van der Waals surface area contributed by atoms with Gasteiger partial charge in [-0.05, 0) is 27.2 Å². The van der Waals surface area contributed by atoms with E-state index in [1.807, 2.05) is 18.7 Å². The van der Waals surface area contributed by atoms with Crippen molar-refractivity contribution < 1.29 is 0 Å². The molecule has 0 spiro atoms. The minimum absolute atomic E-state index is 0. The molecular weight excluding hydrogens is 435 g/mol. The van der Waals surface area contributed by atoms with Crippen LogP contribution in [0.2, 0.25) is 0 Å². The lowest BCUT2D eigenvalue weighted by Gasteiger charge is -2.10. The molecule has 0 amide bonds. The molecule has 2 aromatic heterocycles. The lowest BCUT2D eigenvalue weighted by Crippen LogP contribution is -2.36. The summed E-state index contributed by atoms with van der Waals surface area (Å²) >= 11 is 1.71. The van der Waals surface area contributed by atoms with Gasteiger partial charge >= 0.3 is 0 Å². The smallest absolute Gasteiger partial charge is 0.191 e. The average Bonchev–Trinajstić information content (AvgIpc) is 3.08. The molecule has 0 unspecified atom stereocenters. The molecule has 0 bridgehead atoms. The monoisotopic (exact) mass is 462 g/mol. The Balaban J connectivity index is 0.00000288. The predicted octanol–water partition coefficient (Wildman–Crippen LogP) is 2.93. The summed E-state index contributed by atoms with van der Waals surface area (Å²) in [5.41, 5.74) is 4.45. The molecular formula is C16H27IN6S. The first kappa shape index (κ1) is 20.9. The molecule has 2 N–H and O–H groups in total. The van der Waals surface area contributed by atoms with E-state index in [4.69, 9.17) is 0 Å². The highest BCUT2D eigenvalue weighted by Crippen LogP contribution is 2.13. The van der Waals surface area contributed by atoms with Crippen molar-refractivity contribution in [1.82, 2.24) is 25.4 Å². The molecule has 0 saturated heterocycles. The second kappa shape index (κ2) is 9.97. The molecule has 2 heterocycles. The van der Waals surface area contributed by atoms with Crippen LogP contribution in [0.4, 0.5) is 0 Å². The number of hydrogen-bond donors (Lipinski definition) is 2. The number of hydrogen-bond acceptors (Lipinski definition) is 4. The van der Waals surface area contributed by atoms with Gasteiger partial charge in [-0.15, -0.1) is 35.3 Å². The molecule has 6 nitrogen and oxygen atoms in total. The van der Waals surface area contributed by atoms with Crippen molar-refractivity contribution in [3.05, 3.63) is 33.0 Å². The van der Waals surface area contributed by atoms with Crippen molar-refractivity contribution in [2.75, 3.05) is 6.54 Å². The molecule has 0 aliphatic rings. The largest absolute Gasteiger partial charge is 0.357 e. The zero-order chi connectivity index (χ0) is 16.8. The fourth-order valence-corrected chi connectivity index (χ4v) is 3.06. The van der Waals surface area contributed by atoms with Crippen LogP contribution in [0.1, 0.15) is 41.5 Å². The Morgan fingerprint density at radius 2 is 2.04 bits per heavy atom. The highest BCUT2D eigenvalue weighted by molar-refractivity contribution is 14.0. The molecule has 0 atom stereocenters. The summed E-state index contributed by atoms with van der Waals surface area (Å²) in [6, 6.07) is 0. The number of nitrogens with zero attached hydrogens (tertiary/aromatic N) is 4. The van der Waals surface area contributed by atoms with Gasteiger partial charge in [0.2, 0.25) is 0 Å². The van der Waals surface area contributed by atoms with Crippen molar-refractivity contribution in [1.29, 1.82) is 0 Å². The summed E-state index contributed by atoms with van der Waals surface area (Å²) in [5.74, 6) is 0.807. The number of aromatic nitrogens is 3. The maximum Gasteiger partial charge on any atom is 0.191 e. The van der Waals surface area contributed by atoms with Crippen molar-refractivity contribution in [2.45, 2.75) is 47.2 Å². The molecule has 0 radical (unpaired) electrons. The Bertz CT molecular complexity index is 676. The Morgan fingerprint density at radius 3 is 2.58 bits per heavy atom. The van der Waals surface area contributed by atoms with E-state index in [0.717, 1.165) is 36.0 Å². The van der Waals surface area contributed by atoms with E-state index in [-0.39, 0.29) is 24.0 Å². The van der Waals surface area contributed by atoms with E-state index in [1.54, 1.807) is 11.3 Å². The van der Waals surface area contributed by atoms with Gasteiger partial charge in [-0.25, -0.2) is 9.98 Å². The third-order valence-corrected chi connectivity index (χ3v) is 4.78. The van der Waals surface area contributed by atoms with Gasteiger partial charge in [-0.2, -0.15) is 5.10 Å². The van der Waals surface area contributed by atoms with E-state index in [1.165, 1.54) is 10.6 Å². The molecule has 0 saturated carbocycles. The summed E-state index contributed by atoms with van der Waals surface area (Å²) in [4.78, 5) is 9.25. The van der Waals surface area contributed by atoms with Gasteiger partial charge in [0, 0.05) is 30.2 Å². The number of halogens is 1. The van der Waals surface area contributed by atoms with Gasteiger partial charge in [0.05, 0.1) is 29.5 Å². The molecule has 2 rings (SSSR count). The third kappa shape index (κ3) is 5.44. The number of aryl methyl sites for hydroxylation is 3. The van der Waals surface area contributed by atoms with Crippen molar-refractivity contribution >= 4 is 41.3 Å². The molecule has 134 valence electrons. The Hall–Kier alpha value is -1.16. The quantitative estimate of drug-likeness (QED) is 0.394. The Kier molecular flexibility index (Phi) is 8.68. The van der Waals surface area contributed by atoms with Gasteiger partial charge in [0.1, 0.15) is 0 Å². The predicted molar refractivity (Wildman–Crippen MR) is 111 cm³/mol. The van der Waals surface area contributed by atoms with Gasteiger partial charge in [0.15, 0.2) is 5.96 Å². The van der Waals surface area contributed by atoms with Crippen molar-refractivity contribution in [2.24, 2.45) is 12.0 Å². The van der Waals surface area contributed by atoms with E-state index in [0.29, 0.717) is 13.1 Å². The van der Waals surface area contributed by atoms with E-state index in [2.05, 4.69) is 51.9 Å². The first-order valence-electron chi connectivity index (χ1n) is 7.99. The number of nitrogens with one attached hydrogen (secondary N) is 2. The highest BCUT2D eigenvalue weighted by atomic mass is 127. The minimum Gasteiger partial charge on any atom is -0.357 e. The number of rotatable bonds is 6. The number of thiazole rings is 1. The van der Waals surface area contributed by atoms with Gasteiger partial charge in [-0.1, -0.05) is 6.92 Å². The number of aliphatic imine (C=N–C) groups is 1. The molecule has 0 aliphatic carbocycles. The normalized spacial score (nSPS) is 11.3. The summed E-state index contributed by atoms with van der Waals surface area (Å²) in [6.45, 7) is 10.4. The Morgan fingerprint density at radius 1 is 1.29 bits per heavy atom. The standard InChI is InChI=1S/C16H26N6S.HI/c1-6-15-20-13(10-23-15)8-18-16(17-7-2)19-9-14-11(3)21-22(5)12(14)4;/h10H,6-9H2,1-5H3,(H2,17,18,19);1H. The van der Waals surface area contributed by atoms with Gasteiger partial charge in [0.25, 0.3) is 0 Å². The average molecular weight is 462 g/mol. The molecule has 8 heteroatoms. The highest BCUT2D eigenvalue weighted by Gasteiger charge is 2.09. The maximum absolute atomic E-state index is 4.68. The Labute approximate surface area is 165 Å². The maximum atomic E-state index is 4.68. The minimum atomic E-state index is 0. The van der Waals surface area contributed by atoms with Crippen LogP contribution in [0.15, 0.2) is 10.4 Å². The molecule has 24 heavy (non-hydrogen) atoms. The third-order valence-electron chi connectivity index (χ3n) is 3.74. The van der Waals surface area contributed by atoms with Crippen LogP contribution in [0.25, 0.3) is 0 Å². The number of guanidine groups is 1. The van der Waals surface area contributed by atoms with Gasteiger partial charge < -0.3 is 10.6 Å². The summed E-state index contributed by atoms with van der Waals surface area (Å²) in [6.07, 6.45) is 0.985. The van der Waals surface area contributed by atoms with Crippen LogP contribution in [0.3, 0.4) is 0 Å². The lowest BCUT2D eigenvalue weighted by molar-refractivity contribution is 0.730. The molecule has 2 aromatic rings. The van der Waals surface area contributed by atoms with E-state index >= 15 is 0 Å². The summed E-state index contributed by atoms with van der Waals surface area (Å²) in [5, 5.41) is 14.3. The fourth-order valence-electron chi connectivity index (χ4n) is 2.31. The fraction of sp³-hybridized carbons (Fsp3) is 0.562. The zero-order valence-corrected chi connectivity index (χ0v) is 18.2. The first-order chi connectivity index (χ1) is 11.0. The van der Waals surface area contributed by atoms with Crippen LogP contribution < -0.4 is 10.6 Å². The topological polar surface area (TPSA) is 67.1 Å². The van der Waals surface area contributed by atoms with Gasteiger partial charge in [-0.3, -0.25) is 4.68 Å². The van der Waals surface area contributed by atoms with Crippen LogP contribution in [0.5, 0.6) is 0 Å². The molecule has 0 fully saturated rings. The summed E-state index contributed by atoms with van der Waals surface area (Å²) < 4.78 is 1.90. The second-order valence-corrected chi connectivity index (χ2v) is 6.35. The molecule has 0 aromatic carbocycles. The lowest BCUT2D eigenvalue weighted by atomic mass is 10.2. The summed E-state index contributed by atoms with van der Waals surface area (Å²) in [7, 11) is 1.96. The SMILES string of the molecule is CCNC(=NCc1c(C)nn(C)c1C)NCc1csc(CC)n1.I. The van der Waals surface area contributed by atoms with E-state index in [9.17, 15) is 0 Å². The molecule has 0 aliphatic heterocycles. The van der Waals surface area contributed by atoms with Crippen LogP contribution in [-0.4, -0.2) is 27.3 Å². The van der Waals surface area contributed by atoms with Crippen molar-refractivity contribution in [3.8, 4) is 0 Å². The van der Waals surface area contributed by atoms with Crippen molar-refractivity contribution in [3.63, 3.8) is 0 Å². The first-order valence-corrected chi connectivity index (χ1v) is 8.87. The second-order valence-electron chi connectivity index (χ2n) is 5.41. The van der Waals surface area contributed by atoms with E-state index < -0.39 is 0 Å². The zero-order valence-electron chi connectivity index (χ0n) is 15.0.